The van der Waals surface area contributed by atoms with Crippen molar-refractivity contribution in [2.24, 2.45) is 5.92 Å². The van der Waals surface area contributed by atoms with Gasteiger partial charge < -0.3 is 5.32 Å². The monoisotopic (exact) mass is 311 g/mol. The van der Waals surface area contributed by atoms with E-state index in [9.17, 15) is 4.79 Å². The van der Waals surface area contributed by atoms with E-state index in [1.54, 1.807) is 10.9 Å². The molecule has 2 fully saturated rings. The van der Waals surface area contributed by atoms with Gasteiger partial charge in [0.05, 0.1) is 17.2 Å². The Hall–Kier alpha value is -1.68. The standard InChI is InChI=1S/C19H25N3O/c1-14(21-19(10-11-19)15-6-2-3-7-15)12-22-13-20-17-9-5-4-8-16(17)18(22)23/h4-5,8-9,13-15,21H,2-3,6-7,10-12H2,1H3. The van der Waals surface area contributed by atoms with Crippen LogP contribution >= 0.6 is 0 Å². The molecule has 1 aromatic carbocycles. The predicted octanol–water partition coefficient (Wildman–Crippen LogP) is 3.10. The minimum Gasteiger partial charge on any atom is -0.307 e. The molecule has 2 aliphatic carbocycles. The lowest BCUT2D eigenvalue weighted by atomic mass is 9.95. The molecule has 4 heteroatoms. The lowest BCUT2D eigenvalue weighted by Gasteiger charge is -2.28. The highest BCUT2D eigenvalue weighted by Crippen LogP contribution is 2.49. The molecule has 0 aliphatic heterocycles. The fourth-order valence-electron chi connectivity index (χ4n) is 4.35. The Kier molecular flexibility index (Phi) is 3.72. The Labute approximate surface area is 136 Å². The van der Waals surface area contributed by atoms with Gasteiger partial charge in [-0.25, -0.2) is 4.98 Å². The first-order valence-electron chi connectivity index (χ1n) is 8.90. The van der Waals surface area contributed by atoms with Crippen molar-refractivity contribution in [1.29, 1.82) is 0 Å². The first-order valence-corrected chi connectivity index (χ1v) is 8.90. The van der Waals surface area contributed by atoms with Gasteiger partial charge in [-0.3, -0.25) is 9.36 Å². The van der Waals surface area contributed by atoms with Crippen LogP contribution in [0.5, 0.6) is 0 Å². The zero-order valence-electron chi connectivity index (χ0n) is 13.8. The first-order chi connectivity index (χ1) is 11.2. The first kappa shape index (κ1) is 14.9. The zero-order chi connectivity index (χ0) is 15.9. The van der Waals surface area contributed by atoms with E-state index < -0.39 is 0 Å². The molecular formula is C19H25N3O. The van der Waals surface area contributed by atoms with Crippen molar-refractivity contribution < 1.29 is 0 Å². The fraction of sp³-hybridized carbons (Fsp3) is 0.579. The topological polar surface area (TPSA) is 46.9 Å². The summed E-state index contributed by atoms with van der Waals surface area (Å²) in [6.07, 6.45) is 9.80. The molecule has 0 saturated heterocycles. The number of nitrogens with zero attached hydrogens (tertiary/aromatic N) is 2. The van der Waals surface area contributed by atoms with Crippen molar-refractivity contribution in [3.8, 4) is 0 Å². The Morgan fingerprint density at radius 1 is 1.30 bits per heavy atom. The maximum absolute atomic E-state index is 12.6. The molecule has 4 rings (SSSR count). The molecule has 23 heavy (non-hydrogen) atoms. The van der Waals surface area contributed by atoms with Gasteiger partial charge >= 0.3 is 0 Å². The SMILES string of the molecule is CC(Cn1cnc2ccccc2c1=O)NC1(C2CCCC2)CC1. The Morgan fingerprint density at radius 2 is 2.04 bits per heavy atom. The summed E-state index contributed by atoms with van der Waals surface area (Å²) < 4.78 is 1.75. The molecule has 1 N–H and O–H groups in total. The molecule has 1 unspecified atom stereocenters. The highest BCUT2D eigenvalue weighted by atomic mass is 16.1. The van der Waals surface area contributed by atoms with Gasteiger partial charge in [0.15, 0.2) is 0 Å². The number of fused-ring (bicyclic) bond motifs is 1. The highest BCUT2D eigenvalue weighted by Gasteiger charge is 2.49. The largest absolute Gasteiger partial charge is 0.307 e. The molecule has 2 aliphatic rings. The molecule has 0 spiro atoms. The summed E-state index contributed by atoms with van der Waals surface area (Å²) >= 11 is 0. The Bertz CT molecular complexity index is 757. The summed E-state index contributed by atoms with van der Waals surface area (Å²) in [5, 5.41) is 4.55. The number of benzene rings is 1. The smallest absolute Gasteiger partial charge is 0.261 e. The second-order valence-corrected chi connectivity index (χ2v) is 7.40. The van der Waals surface area contributed by atoms with E-state index >= 15 is 0 Å². The van der Waals surface area contributed by atoms with Gasteiger partial charge in [0.1, 0.15) is 0 Å². The number of para-hydroxylation sites is 1. The van der Waals surface area contributed by atoms with Crippen LogP contribution in [0, 0.1) is 5.92 Å². The maximum Gasteiger partial charge on any atom is 0.261 e. The molecule has 4 nitrogen and oxygen atoms in total. The quantitative estimate of drug-likeness (QED) is 0.923. The van der Waals surface area contributed by atoms with E-state index in [0.29, 0.717) is 23.5 Å². The molecular weight excluding hydrogens is 286 g/mol. The highest BCUT2D eigenvalue weighted by molar-refractivity contribution is 5.76. The van der Waals surface area contributed by atoms with Crippen molar-refractivity contribution in [3.05, 3.63) is 40.9 Å². The van der Waals surface area contributed by atoms with Crippen LogP contribution in [0.25, 0.3) is 10.9 Å². The van der Waals surface area contributed by atoms with Gasteiger partial charge in [-0.15, -0.1) is 0 Å². The maximum atomic E-state index is 12.6. The van der Waals surface area contributed by atoms with Crippen LogP contribution in [0.2, 0.25) is 0 Å². The van der Waals surface area contributed by atoms with E-state index in [0.717, 1.165) is 11.4 Å². The Balaban J connectivity index is 1.49. The van der Waals surface area contributed by atoms with Crippen LogP contribution in [0.15, 0.2) is 35.4 Å². The predicted molar refractivity (Wildman–Crippen MR) is 92.5 cm³/mol. The van der Waals surface area contributed by atoms with Gasteiger partial charge in [-0.2, -0.15) is 0 Å². The minimum atomic E-state index is 0.0648. The minimum absolute atomic E-state index is 0.0648. The van der Waals surface area contributed by atoms with E-state index in [1.807, 2.05) is 24.3 Å². The van der Waals surface area contributed by atoms with Crippen LogP contribution in [0.4, 0.5) is 0 Å². The van der Waals surface area contributed by atoms with Gasteiger partial charge in [0, 0.05) is 18.1 Å². The van der Waals surface area contributed by atoms with E-state index in [2.05, 4.69) is 17.2 Å². The summed E-state index contributed by atoms with van der Waals surface area (Å²) in [7, 11) is 0. The average Bonchev–Trinajstić information content (AvgIpc) is 3.11. The van der Waals surface area contributed by atoms with E-state index in [1.165, 1.54) is 38.5 Å². The number of rotatable bonds is 5. The summed E-state index contributed by atoms with van der Waals surface area (Å²) in [5.41, 5.74) is 1.21. The summed E-state index contributed by atoms with van der Waals surface area (Å²) in [6, 6.07) is 7.86. The summed E-state index contributed by atoms with van der Waals surface area (Å²) in [4.78, 5) is 17.0. The zero-order valence-corrected chi connectivity index (χ0v) is 13.8. The number of hydrogen-bond donors (Lipinski definition) is 1. The molecule has 2 saturated carbocycles. The van der Waals surface area contributed by atoms with Crippen LogP contribution in [0.1, 0.15) is 45.4 Å². The number of hydrogen-bond acceptors (Lipinski definition) is 3. The van der Waals surface area contributed by atoms with Gasteiger partial charge in [-0.05, 0) is 50.7 Å². The fourth-order valence-corrected chi connectivity index (χ4v) is 4.35. The number of nitrogens with one attached hydrogen (secondary N) is 1. The van der Waals surface area contributed by atoms with Crippen LogP contribution in [-0.4, -0.2) is 21.1 Å². The third kappa shape index (κ3) is 2.80. The van der Waals surface area contributed by atoms with Crippen molar-refractivity contribution in [1.82, 2.24) is 14.9 Å². The lowest BCUT2D eigenvalue weighted by molar-refractivity contribution is 0.294. The van der Waals surface area contributed by atoms with Crippen molar-refractivity contribution >= 4 is 10.9 Å². The van der Waals surface area contributed by atoms with E-state index in [-0.39, 0.29) is 5.56 Å². The van der Waals surface area contributed by atoms with Crippen LogP contribution in [-0.2, 0) is 6.54 Å². The third-order valence-corrected chi connectivity index (χ3v) is 5.66. The second kappa shape index (κ2) is 5.75. The molecule has 1 aromatic heterocycles. The lowest BCUT2D eigenvalue weighted by Crippen LogP contribution is -2.45. The normalized spacial score (nSPS) is 21.6. The van der Waals surface area contributed by atoms with E-state index in [4.69, 9.17) is 0 Å². The van der Waals surface area contributed by atoms with Crippen molar-refractivity contribution in [3.63, 3.8) is 0 Å². The number of aromatic nitrogens is 2. The van der Waals surface area contributed by atoms with Crippen molar-refractivity contribution in [2.75, 3.05) is 0 Å². The molecule has 0 bridgehead atoms. The average molecular weight is 311 g/mol. The molecule has 0 radical (unpaired) electrons. The van der Waals surface area contributed by atoms with Gasteiger partial charge in [0.2, 0.25) is 0 Å². The van der Waals surface area contributed by atoms with Crippen LogP contribution in [0.3, 0.4) is 0 Å². The summed E-state index contributed by atoms with van der Waals surface area (Å²) in [6.45, 7) is 2.88. The van der Waals surface area contributed by atoms with Crippen molar-refractivity contribution in [2.45, 2.75) is 63.6 Å². The van der Waals surface area contributed by atoms with Crippen LogP contribution < -0.4 is 10.9 Å². The Morgan fingerprint density at radius 3 is 2.78 bits per heavy atom. The molecule has 122 valence electrons. The van der Waals surface area contributed by atoms with Gasteiger partial charge in [0.25, 0.3) is 5.56 Å². The molecule has 2 aromatic rings. The summed E-state index contributed by atoms with van der Waals surface area (Å²) in [5.74, 6) is 0.844. The molecule has 1 heterocycles. The molecule has 0 amide bonds. The van der Waals surface area contributed by atoms with Gasteiger partial charge in [-0.1, -0.05) is 25.0 Å². The third-order valence-electron chi connectivity index (χ3n) is 5.66. The molecule has 1 atom stereocenters. The second-order valence-electron chi connectivity index (χ2n) is 7.40.